The van der Waals surface area contributed by atoms with E-state index in [0.717, 1.165) is 26.6 Å². The van der Waals surface area contributed by atoms with Crippen molar-refractivity contribution in [3.63, 3.8) is 0 Å². The van der Waals surface area contributed by atoms with Crippen molar-refractivity contribution in [2.45, 2.75) is 44.8 Å². The van der Waals surface area contributed by atoms with Gasteiger partial charge in [0, 0.05) is 30.3 Å². The molecule has 12 heteroatoms. The van der Waals surface area contributed by atoms with Gasteiger partial charge in [-0.2, -0.15) is 0 Å². The number of pyridine rings is 1. The topological polar surface area (TPSA) is 130 Å². The Bertz CT molecular complexity index is 1540. The molecule has 2 amide bonds. The molecule has 4 heterocycles. The molecule has 206 valence electrons. The smallest absolute Gasteiger partial charge is 0.320 e. The number of fused-ring (bicyclic) bond motifs is 3. The number of allylic oxidation sites excluding steroid dienone is 2. The molecule has 0 aromatic carbocycles. The second-order valence-corrected chi connectivity index (χ2v) is 11.8. The zero-order valence-electron chi connectivity index (χ0n) is 22.6. The molecule has 2 atom stereocenters. The highest BCUT2D eigenvalue weighted by Gasteiger charge is 2.21. The van der Waals surface area contributed by atoms with Crippen molar-refractivity contribution < 1.29 is 19.2 Å². The highest BCUT2D eigenvalue weighted by Crippen LogP contribution is 2.30. The number of carbonyl (C=O) groups is 1. The van der Waals surface area contributed by atoms with E-state index in [4.69, 9.17) is 14.2 Å². The second-order valence-electron chi connectivity index (χ2n) is 10.9. The number of amides is 2. The van der Waals surface area contributed by atoms with Gasteiger partial charge in [-0.3, -0.25) is 9.72 Å². The third-order valence-corrected chi connectivity index (χ3v) is 7.10. The van der Waals surface area contributed by atoms with Crippen molar-refractivity contribution in [3.8, 4) is 5.88 Å². The Morgan fingerprint density at radius 3 is 2.85 bits per heavy atom. The molecule has 2 unspecified atom stereocenters. The summed E-state index contributed by atoms with van der Waals surface area (Å²) in [6, 6.07) is 5.01. The number of anilines is 1. The number of thiazole rings is 1. The monoisotopic (exact) mass is 551 g/mol. The van der Waals surface area contributed by atoms with E-state index in [2.05, 4.69) is 26.9 Å². The van der Waals surface area contributed by atoms with Crippen LogP contribution in [0.1, 0.15) is 38.6 Å². The van der Waals surface area contributed by atoms with Crippen molar-refractivity contribution in [2.24, 2.45) is 0 Å². The summed E-state index contributed by atoms with van der Waals surface area (Å²) in [5.41, 5.74) is 2.60. The summed E-state index contributed by atoms with van der Waals surface area (Å²) in [7, 11) is 3.81. The number of rotatable bonds is 8. The van der Waals surface area contributed by atoms with Crippen LogP contribution in [-0.2, 0) is 5.41 Å². The minimum Gasteiger partial charge on any atom is -0.475 e. The molecule has 0 spiro atoms. The summed E-state index contributed by atoms with van der Waals surface area (Å²) in [6.45, 7) is 6.76. The molecule has 4 aromatic rings. The molecule has 0 radical (unpaired) electrons. The highest BCUT2D eigenvalue weighted by atomic mass is 32.1. The molecule has 1 aliphatic rings. The fourth-order valence-corrected chi connectivity index (χ4v) is 5.14. The minimum absolute atomic E-state index is 0.147. The third kappa shape index (κ3) is 6.29. The zero-order chi connectivity index (χ0) is 27.7. The van der Waals surface area contributed by atoms with Crippen molar-refractivity contribution in [3.05, 3.63) is 54.1 Å². The van der Waals surface area contributed by atoms with E-state index in [-0.39, 0.29) is 24.1 Å². The maximum absolute atomic E-state index is 12.4. The highest BCUT2D eigenvalue weighted by molar-refractivity contribution is 7.23. The fraction of sp³-hybridized carbons (Fsp3) is 0.407. The Labute approximate surface area is 230 Å². The summed E-state index contributed by atoms with van der Waals surface area (Å²) < 4.78 is 13.0. The molecule has 4 aromatic heterocycles. The molecule has 3 N–H and O–H groups in total. The van der Waals surface area contributed by atoms with Crippen LogP contribution in [0.4, 0.5) is 10.6 Å². The average Bonchev–Trinajstić information content (AvgIpc) is 3.57. The standard InChI is InChI=1S/C27H33N7O4S/c1-27(2,3)21-12-22(32-38-21)30-25(36)28-17-8-6-16(7-9-17)19-14-34-20-10-11-23(31-24(20)39-26(34)29-19)37-15-18(35)13-33(4)5/h6-8,10-12,14,17-18,35H,9,13,15H2,1-5H3,(H2,28,30,32,36). The molecule has 11 nitrogen and oxygen atoms in total. The number of hydrogen-bond donors (Lipinski definition) is 3. The predicted octanol–water partition coefficient (Wildman–Crippen LogP) is 4.06. The number of imidazole rings is 1. The predicted molar refractivity (Wildman–Crippen MR) is 151 cm³/mol. The van der Waals surface area contributed by atoms with E-state index in [9.17, 15) is 9.90 Å². The lowest BCUT2D eigenvalue weighted by Gasteiger charge is -2.17. The van der Waals surface area contributed by atoms with Gasteiger partial charge in [-0.15, -0.1) is 0 Å². The summed E-state index contributed by atoms with van der Waals surface area (Å²) in [5, 5.41) is 19.6. The van der Waals surface area contributed by atoms with Gasteiger partial charge < -0.3 is 24.6 Å². The zero-order valence-corrected chi connectivity index (χ0v) is 23.5. The van der Waals surface area contributed by atoms with Gasteiger partial charge >= 0.3 is 6.03 Å². The molecular weight excluding hydrogens is 518 g/mol. The van der Waals surface area contributed by atoms with Crippen LogP contribution in [0.5, 0.6) is 5.88 Å². The molecule has 0 saturated carbocycles. The SMILES string of the molecule is CN(C)CC(O)COc1ccc2c(n1)sc1nc(C3=CCC(NC(=O)Nc4cc(C(C)(C)C)on4)C=C3)cn12. The number of aromatic nitrogens is 4. The normalized spacial score (nSPS) is 16.6. The molecule has 0 saturated heterocycles. The molecule has 0 fully saturated rings. The molecule has 1 aliphatic carbocycles. The number of nitrogens with one attached hydrogen (secondary N) is 2. The molecule has 0 aliphatic heterocycles. The minimum atomic E-state index is -0.586. The first kappa shape index (κ1) is 26.9. The third-order valence-electron chi connectivity index (χ3n) is 6.14. The van der Waals surface area contributed by atoms with Crippen LogP contribution in [0.15, 0.2) is 47.1 Å². The van der Waals surface area contributed by atoms with Crippen LogP contribution < -0.4 is 15.4 Å². The number of hydrogen-bond acceptors (Lipinski definition) is 9. The van der Waals surface area contributed by atoms with Crippen LogP contribution in [0.3, 0.4) is 0 Å². The Balaban J connectivity index is 1.19. The van der Waals surface area contributed by atoms with E-state index in [1.165, 1.54) is 11.3 Å². The molecular formula is C27H33N7O4S. The van der Waals surface area contributed by atoms with Crippen LogP contribution in [0.25, 0.3) is 20.9 Å². The van der Waals surface area contributed by atoms with E-state index in [1.807, 2.05) is 68.6 Å². The van der Waals surface area contributed by atoms with Gasteiger partial charge in [0.2, 0.25) is 5.88 Å². The quantitative estimate of drug-likeness (QED) is 0.299. The second kappa shape index (κ2) is 10.8. The lowest BCUT2D eigenvalue weighted by Crippen LogP contribution is -2.37. The van der Waals surface area contributed by atoms with Gasteiger partial charge in [0.15, 0.2) is 10.8 Å². The van der Waals surface area contributed by atoms with E-state index >= 15 is 0 Å². The van der Waals surface area contributed by atoms with Crippen LogP contribution in [0, 0.1) is 0 Å². The van der Waals surface area contributed by atoms with E-state index in [1.54, 1.807) is 12.1 Å². The lowest BCUT2D eigenvalue weighted by molar-refractivity contribution is 0.0813. The number of ether oxygens (including phenoxy) is 1. The Morgan fingerprint density at radius 1 is 1.33 bits per heavy atom. The first-order valence-electron chi connectivity index (χ1n) is 12.7. The Kier molecular flexibility index (Phi) is 7.43. The summed E-state index contributed by atoms with van der Waals surface area (Å²) in [4.78, 5) is 25.4. The van der Waals surface area contributed by atoms with E-state index in [0.29, 0.717) is 30.4 Å². The Morgan fingerprint density at radius 2 is 2.15 bits per heavy atom. The lowest BCUT2D eigenvalue weighted by atomic mass is 9.93. The van der Waals surface area contributed by atoms with Gasteiger partial charge in [0.25, 0.3) is 0 Å². The van der Waals surface area contributed by atoms with Gasteiger partial charge in [-0.05, 0) is 32.2 Å². The van der Waals surface area contributed by atoms with Crippen LogP contribution in [0.2, 0.25) is 0 Å². The number of carbonyl (C=O) groups excluding carboxylic acids is 1. The van der Waals surface area contributed by atoms with Gasteiger partial charge in [0.1, 0.15) is 23.3 Å². The van der Waals surface area contributed by atoms with Crippen LogP contribution >= 0.6 is 11.3 Å². The largest absolute Gasteiger partial charge is 0.475 e. The van der Waals surface area contributed by atoms with Crippen molar-refractivity contribution in [2.75, 3.05) is 32.6 Å². The summed E-state index contributed by atoms with van der Waals surface area (Å²) in [5.74, 6) is 1.56. The van der Waals surface area contributed by atoms with Gasteiger partial charge in [0.05, 0.1) is 17.3 Å². The van der Waals surface area contributed by atoms with Gasteiger partial charge in [-0.1, -0.05) is 55.5 Å². The average molecular weight is 552 g/mol. The maximum atomic E-state index is 12.4. The number of aliphatic hydroxyl groups is 1. The number of aliphatic hydroxyl groups excluding tert-OH is 1. The van der Waals surface area contributed by atoms with Crippen LogP contribution in [-0.4, -0.2) is 75.0 Å². The molecule has 5 rings (SSSR count). The fourth-order valence-electron chi connectivity index (χ4n) is 4.17. The first-order chi connectivity index (χ1) is 18.5. The Hall–Kier alpha value is -3.74. The van der Waals surface area contributed by atoms with Crippen molar-refractivity contribution in [1.29, 1.82) is 0 Å². The first-order valence-corrected chi connectivity index (χ1v) is 13.5. The van der Waals surface area contributed by atoms with Crippen molar-refractivity contribution >= 4 is 44.1 Å². The summed E-state index contributed by atoms with van der Waals surface area (Å²) >= 11 is 1.48. The molecule has 0 bridgehead atoms. The number of nitrogens with zero attached hydrogens (tertiary/aromatic N) is 5. The number of likely N-dealkylation sites (N-methyl/N-ethyl adjacent to an activating group) is 1. The van der Waals surface area contributed by atoms with Gasteiger partial charge in [-0.25, -0.2) is 14.8 Å². The summed E-state index contributed by atoms with van der Waals surface area (Å²) in [6.07, 6.45) is 8.04. The van der Waals surface area contributed by atoms with E-state index < -0.39 is 6.10 Å². The van der Waals surface area contributed by atoms with Crippen molar-refractivity contribution in [1.82, 2.24) is 29.7 Å². The maximum Gasteiger partial charge on any atom is 0.320 e. The number of urea groups is 1. The molecule has 39 heavy (non-hydrogen) atoms.